The Morgan fingerprint density at radius 3 is 2.50 bits per heavy atom. The first-order valence-electron chi connectivity index (χ1n) is 8.52. The van der Waals surface area contributed by atoms with E-state index in [2.05, 4.69) is 39.5 Å². The van der Waals surface area contributed by atoms with Gasteiger partial charge in [-0.05, 0) is 35.9 Å². The lowest BCUT2D eigenvalue weighted by Crippen LogP contribution is -2.48. The molecule has 1 aliphatic rings. The van der Waals surface area contributed by atoms with Gasteiger partial charge in [0.1, 0.15) is 0 Å². The first-order valence-corrected chi connectivity index (χ1v) is 8.52. The third kappa shape index (κ3) is 3.79. The average molecular weight is 328 g/mol. The zero-order chi connectivity index (χ0) is 16.9. The van der Waals surface area contributed by atoms with Crippen molar-refractivity contribution in [2.45, 2.75) is 33.2 Å². The summed E-state index contributed by atoms with van der Waals surface area (Å²) in [6.45, 7) is 8.07. The van der Waals surface area contributed by atoms with Gasteiger partial charge in [0.15, 0.2) is 5.82 Å². The highest BCUT2D eigenvalue weighted by atomic mass is 16.2. The summed E-state index contributed by atoms with van der Waals surface area (Å²) in [5.41, 5.74) is 2.18. The molecule has 0 atom stereocenters. The first-order chi connectivity index (χ1) is 11.7. The van der Waals surface area contributed by atoms with E-state index in [1.807, 2.05) is 24.0 Å². The number of benzene rings is 1. The number of amides is 1. The first kappa shape index (κ1) is 16.6. The molecule has 0 aliphatic carbocycles. The van der Waals surface area contributed by atoms with Crippen LogP contribution in [0.1, 0.15) is 31.2 Å². The van der Waals surface area contributed by atoms with Gasteiger partial charge in [0.25, 0.3) is 0 Å². The summed E-state index contributed by atoms with van der Waals surface area (Å²) in [6.07, 6.45) is 1.55. The summed E-state index contributed by atoms with van der Waals surface area (Å²) in [5, 5.41) is 12.1. The summed E-state index contributed by atoms with van der Waals surface area (Å²) in [6, 6.07) is 8.16. The molecule has 1 aromatic carbocycles. The van der Waals surface area contributed by atoms with E-state index < -0.39 is 0 Å². The predicted octanol–water partition coefficient (Wildman–Crippen LogP) is 1.42. The molecule has 128 valence electrons. The minimum absolute atomic E-state index is 0.265. The number of rotatable bonds is 5. The number of hydrogen-bond acceptors (Lipinski definition) is 5. The SMILES string of the molecule is CCCC(=O)N1CCN(Cc2nnnn2-c2ccc(C)cc2)CC1. The molecule has 2 aromatic rings. The van der Waals surface area contributed by atoms with Gasteiger partial charge in [-0.3, -0.25) is 9.69 Å². The van der Waals surface area contributed by atoms with Gasteiger partial charge in [0.2, 0.25) is 5.91 Å². The summed E-state index contributed by atoms with van der Waals surface area (Å²) in [7, 11) is 0. The van der Waals surface area contributed by atoms with Gasteiger partial charge in [0, 0.05) is 32.6 Å². The van der Waals surface area contributed by atoms with Crippen LogP contribution in [-0.4, -0.2) is 62.1 Å². The predicted molar refractivity (Wildman–Crippen MR) is 90.7 cm³/mol. The highest BCUT2D eigenvalue weighted by Gasteiger charge is 2.22. The maximum absolute atomic E-state index is 12.0. The molecule has 2 heterocycles. The van der Waals surface area contributed by atoms with E-state index in [1.54, 1.807) is 4.68 Å². The lowest BCUT2D eigenvalue weighted by molar-refractivity contribution is -0.133. The van der Waals surface area contributed by atoms with Gasteiger partial charge >= 0.3 is 0 Å². The van der Waals surface area contributed by atoms with E-state index in [0.29, 0.717) is 13.0 Å². The maximum Gasteiger partial charge on any atom is 0.222 e. The van der Waals surface area contributed by atoms with Crippen LogP contribution in [-0.2, 0) is 11.3 Å². The van der Waals surface area contributed by atoms with E-state index in [4.69, 9.17) is 0 Å². The van der Waals surface area contributed by atoms with Crippen molar-refractivity contribution < 1.29 is 4.79 Å². The Kier molecular flexibility index (Phi) is 5.20. The lowest BCUT2D eigenvalue weighted by atomic mass is 10.2. The zero-order valence-electron chi connectivity index (χ0n) is 14.4. The molecule has 1 saturated heterocycles. The molecule has 1 aliphatic heterocycles. The van der Waals surface area contributed by atoms with E-state index >= 15 is 0 Å². The monoisotopic (exact) mass is 328 g/mol. The quantitative estimate of drug-likeness (QED) is 0.830. The highest BCUT2D eigenvalue weighted by Crippen LogP contribution is 2.12. The second-order valence-electron chi connectivity index (χ2n) is 6.25. The second-order valence-corrected chi connectivity index (χ2v) is 6.25. The molecule has 3 rings (SSSR count). The summed E-state index contributed by atoms with van der Waals surface area (Å²) < 4.78 is 1.79. The second kappa shape index (κ2) is 7.53. The molecule has 1 fully saturated rings. The topological polar surface area (TPSA) is 67.2 Å². The standard InChI is InChI=1S/C17H24N6O/c1-3-4-17(24)22-11-9-21(10-12-22)13-16-18-19-20-23(16)15-7-5-14(2)6-8-15/h5-8H,3-4,9-13H2,1-2H3. The Hall–Kier alpha value is -2.28. The van der Waals surface area contributed by atoms with Crippen molar-refractivity contribution in [1.29, 1.82) is 0 Å². The van der Waals surface area contributed by atoms with Crippen LogP contribution in [0.3, 0.4) is 0 Å². The van der Waals surface area contributed by atoms with Gasteiger partial charge in [-0.2, -0.15) is 4.68 Å². The number of nitrogens with zero attached hydrogens (tertiary/aromatic N) is 6. The molecule has 7 nitrogen and oxygen atoms in total. The number of tetrazole rings is 1. The van der Waals surface area contributed by atoms with Crippen LogP contribution in [0.15, 0.2) is 24.3 Å². The number of aryl methyl sites for hydroxylation is 1. The van der Waals surface area contributed by atoms with Crippen molar-refractivity contribution in [2.75, 3.05) is 26.2 Å². The van der Waals surface area contributed by atoms with Gasteiger partial charge in [0.05, 0.1) is 12.2 Å². The third-order valence-electron chi connectivity index (χ3n) is 4.37. The molecule has 0 saturated carbocycles. The van der Waals surface area contributed by atoms with Crippen molar-refractivity contribution in [1.82, 2.24) is 30.0 Å². The van der Waals surface area contributed by atoms with Gasteiger partial charge in [-0.15, -0.1) is 5.10 Å². The van der Waals surface area contributed by atoms with E-state index in [-0.39, 0.29) is 5.91 Å². The number of aromatic nitrogens is 4. The summed E-state index contributed by atoms with van der Waals surface area (Å²) in [4.78, 5) is 16.2. The fourth-order valence-electron chi connectivity index (χ4n) is 2.92. The lowest BCUT2D eigenvalue weighted by Gasteiger charge is -2.34. The van der Waals surface area contributed by atoms with Crippen LogP contribution < -0.4 is 0 Å². The van der Waals surface area contributed by atoms with Crippen LogP contribution >= 0.6 is 0 Å². The van der Waals surface area contributed by atoms with Crippen LogP contribution in [0, 0.1) is 6.92 Å². The molecule has 0 bridgehead atoms. The third-order valence-corrected chi connectivity index (χ3v) is 4.37. The molecule has 24 heavy (non-hydrogen) atoms. The highest BCUT2D eigenvalue weighted by molar-refractivity contribution is 5.76. The maximum atomic E-state index is 12.0. The van der Waals surface area contributed by atoms with Crippen molar-refractivity contribution in [2.24, 2.45) is 0 Å². The van der Waals surface area contributed by atoms with Gasteiger partial charge in [-0.1, -0.05) is 24.6 Å². The van der Waals surface area contributed by atoms with Crippen molar-refractivity contribution in [3.8, 4) is 5.69 Å². The number of piperazine rings is 1. The number of carbonyl (C=O) groups is 1. The van der Waals surface area contributed by atoms with Crippen LogP contribution in [0.5, 0.6) is 0 Å². The number of carbonyl (C=O) groups excluding carboxylic acids is 1. The molecule has 7 heteroatoms. The van der Waals surface area contributed by atoms with Crippen molar-refractivity contribution >= 4 is 5.91 Å². The molecule has 1 aromatic heterocycles. The fourth-order valence-corrected chi connectivity index (χ4v) is 2.92. The zero-order valence-corrected chi connectivity index (χ0v) is 14.4. The Morgan fingerprint density at radius 1 is 1.12 bits per heavy atom. The van der Waals surface area contributed by atoms with Crippen molar-refractivity contribution in [3.05, 3.63) is 35.7 Å². The minimum Gasteiger partial charge on any atom is -0.340 e. The molecule has 0 N–H and O–H groups in total. The van der Waals surface area contributed by atoms with Gasteiger partial charge < -0.3 is 4.90 Å². The Balaban J connectivity index is 1.61. The smallest absolute Gasteiger partial charge is 0.222 e. The molecular weight excluding hydrogens is 304 g/mol. The molecule has 0 unspecified atom stereocenters. The molecule has 0 spiro atoms. The van der Waals surface area contributed by atoms with Gasteiger partial charge in [-0.25, -0.2) is 0 Å². The normalized spacial score (nSPS) is 15.7. The average Bonchev–Trinajstić information content (AvgIpc) is 3.04. The molecule has 1 amide bonds. The van der Waals surface area contributed by atoms with E-state index in [1.165, 1.54) is 5.56 Å². The van der Waals surface area contributed by atoms with Crippen LogP contribution in [0.2, 0.25) is 0 Å². The summed E-state index contributed by atoms with van der Waals surface area (Å²) in [5.74, 6) is 1.09. The molecule has 0 radical (unpaired) electrons. The Labute approximate surface area is 142 Å². The number of hydrogen-bond donors (Lipinski definition) is 0. The van der Waals surface area contributed by atoms with E-state index in [9.17, 15) is 4.79 Å². The fraction of sp³-hybridized carbons (Fsp3) is 0.529. The van der Waals surface area contributed by atoms with E-state index in [0.717, 1.165) is 44.1 Å². The Bertz CT molecular complexity index is 673. The van der Waals surface area contributed by atoms with Crippen LogP contribution in [0.4, 0.5) is 0 Å². The minimum atomic E-state index is 0.265. The largest absolute Gasteiger partial charge is 0.340 e. The summed E-state index contributed by atoms with van der Waals surface area (Å²) >= 11 is 0. The van der Waals surface area contributed by atoms with Crippen LogP contribution in [0.25, 0.3) is 5.69 Å². The van der Waals surface area contributed by atoms with Crippen molar-refractivity contribution in [3.63, 3.8) is 0 Å². The Morgan fingerprint density at radius 2 is 1.83 bits per heavy atom. The molecular formula is C17H24N6O.